The largest absolute Gasteiger partial charge is 0.357 e. The van der Waals surface area contributed by atoms with Gasteiger partial charge in [0.1, 0.15) is 0 Å². The molecule has 0 aliphatic heterocycles. The molecule has 0 radical (unpaired) electrons. The van der Waals surface area contributed by atoms with Gasteiger partial charge in [-0.3, -0.25) is 4.79 Å². The van der Waals surface area contributed by atoms with Gasteiger partial charge in [-0.05, 0) is 37.5 Å². The van der Waals surface area contributed by atoms with E-state index in [4.69, 9.17) is 11.6 Å². The van der Waals surface area contributed by atoms with E-state index in [2.05, 4.69) is 20.8 Å². The normalized spacial score (nSPS) is 15.2. The van der Waals surface area contributed by atoms with Crippen LogP contribution in [0.5, 0.6) is 0 Å². The molecule has 1 unspecified atom stereocenters. The van der Waals surface area contributed by atoms with Gasteiger partial charge in [0.25, 0.3) is 0 Å². The number of rotatable bonds is 7. The Kier molecular flexibility index (Phi) is 5.40. The molecule has 0 saturated heterocycles. The van der Waals surface area contributed by atoms with Crippen LogP contribution < -0.4 is 10.6 Å². The van der Waals surface area contributed by atoms with Crippen molar-refractivity contribution in [2.75, 3.05) is 11.1 Å². The predicted octanol–water partition coefficient (Wildman–Crippen LogP) is 3.74. The second-order valence-electron chi connectivity index (χ2n) is 5.42. The molecule has 1 amide bonds. The molecule has 1 saturated carbocycles. The predicted molar refractivity (Wildman–Crippen MR) is 95.3 cm³/mol. The summed E-state index contributed by atoms with van der Waals surface area (Å²) in [5.41, 5.74) is 1.03. The Morgan fingerprint density at radius 3 is 2.83 bits per heavy atom. The lowest BCUT2D eigenvalue weighted by Crippen LogP contribution is -2.28. The Balaban J connectivity index is 1.45. The van der Waals surface area contributed by atoms with Crippen molar-refractivity contribution in [1.29, 1.82) is 0 Å². The summed E-state index contributed by atoms with van der Waals surface area (Å²) in [5.74, 6) is 0.306. The van der Waals surface area contributed by atoms with E-state index in [9.17, 15) is 4.79 Å². The van der Waals surface area contributed by atoms with E-state index in [-0.39, 0.29) is 11.9 Å². The highest BCUT2D eigenvalue weighted by Gasteiger charge is 2.22. The average molecular weight is 369 g/mol. The van der Waals surface area contributed by atoms with Crippen LogP contribution in [0.4, 0.5) is 5.13 Å². The minimum atomic E-state index is -0.0538. The topological polar surface area (TPSA) is 66.9 Å². The first kappa shape index (κ1) is 16.5. The molecule has 8 heteroatoms. The van der Waals surface area contributed by atoms with Crippen LogP contribution >= 0.6 is 34.7 Å². The second kappa shape index (κ2) is 7.51. The van der Waals surface area contributed by atoms with E-state index in [0.29, 0.717) is 16.8 Å². The van der Waals surface area contributed by atoms with Crippen LogP contribution in [0.15, 0.2) is 28.6 Å². The zero-order chi connectivity index (χ0) is 16.2. The van der Waals surface area contributed by atoms with Gasteiger partial charge in [0.15, 0.2) is 4.34 Å². The first-order chi connectivity index (χ1) is 11.1. The molecule has 1 aromatic heterocycles. The molecule has 1 aromatic carbocycles. The summed E-state index contributed by atoms with van der Waals surface area (Å²) < 4.78 is 0.808. The van der Waals surface area contributed by atoms with Gasteiger partial charge < -0.3 is 10.6 Å². The fourth-order valence-electron chi connectivity index (χ4n) is 1.97. The van der Waals surface area contributed by atoms with Crippen molar-refractivity contribution in [3.63, 3.8) is 0 Å². The zero-order valence-corrected chi connectivity index (χ0v) is 15.0. The molecule has 23 heavy (non-hydrogen) atoms. The molecule has 1 aliphatic rings. The fraction of sp³-hybridized carbons (Fsp3) is 0.400. The molecule has 0 spiro atoms. The highest BCUT2D eigenvalue weighted by atomic mass is 35.5. The van der Waals surface area contributed by atoms with Crippen molar-refractivity contribution < 1.29 is 4.79 Å². The quantitative estimate of drug-likeness (QED) is 0.729. The standard InChI is InChI=1S/C15H17ClN4OS2/c1-9(10-2-4-11(16)5-3-10)17-13(21)8-22-15-20-19-14(23-15)18-12-6-7-12/h2-5,9,12H,6-8H2,1H3,(H,17,21)(H,18,19). The van der Waals surface area contributed by atoms with Crippen molar-refractivity contribution in [2.45, 2.75) is 36.2 Å². The van der Waals surface area contributed by atoms with E-state index in [0.717, 1.165) is 15.0 Å². The lowest BCUT2D eigenvalue weighted by molar-refractivity contribution is -0.119. The molecule has 1 heterocycles. The summed E-state index contributed by atoms with van der Waals surface area (Å²) in [6.45, 7) is 1.95. The maximum atomic E-state index is 12.0. The van der Waals surface area contributed by atoms with Gasteiger partial charge in [-0.1, -0.05) is 46.8 Å². The van der Waals surface area contributed by atoms with Gasteiger partial charge in [0.05, 0.1) is 11.8 Å². The minimum Gasteiger partial charge on any atom is -0.357 e. The Bertz CT molecular complexity index is 672. The highest BCUT2D eigenvalue weighted by molar-refractivity contribution is 8.01. The molecule has 2 N–H and O–H groups in total. The number of carbonyl (C=O) groups is 1. The second-order valence-corrected chi connectivity index (χ2v) is 8.06. The maximum Gasteiger partial charge on any atom is 0.230 e. The first-order valence-electron chi connectivity index (χ1n) is 7.38. The number of hydrogen-bond donors (Lipinski definition) is 2. The molecule has 1 atom stereocenters. The zero-order valence-electron chi connectivity index (χ0n) is 12.6. The lowest BCUT2D eigenvalue weighted by atomic mass is 10.1. The molecule has 5 nitrogen and oxygen atoms in total. The highest BCUT2D eigenvalue weighted by Crippen LogP contribution is 2.30. The number of hydrogen-bond acceptors (Lipinski definition) is 6. The molecular formula is C15H17ClN4OS2. The van der Waals surface area contributed by atoms with Gasteiger partial charge >= 0.3 is 0 Å². The van der Waals surface area contributed by atoms with Crippen molar-refractivity contribution in [3.05, 3.63) is 34.9 Å². The van der Waals surface area contributed by atoms with Crippen LogP contribution in [0.3, 0.4) is 0 Å². The van der Waals surface area contributed by atoms with E-state index >= 15 is 0 Å². The molecule has 1 aliphatic carbocycles. The summed E-state index contributed by atoms with van der Waals surface area (Å²) in [6.07, 6.45) is 2.40. The smallest absolute Gasteiger partial charge is 0.230 e. The number of nitrogens with zero attached hydrogens (tertiary/aromatic N) is 2. The average Bonchev–Trinajstić information content (AvgIpc) is 3.22. The van der Waals surface area contributed by atoms with Gasteiger partial charge in [0.2, 0.25) is 11.0 Å². The number of anilines is 1. The third-order valence-electron chi connectivity index (χ3n) is 3.39. The summed E-state index contributed by atoms with van der Waals surface area (Å²) in [7, 11) is 0. The molecule has 1 fully saturated rings. The van der Waals surface area contributed by atoms with Crippen molar-refractivity contribution >= 4 is 45.7 Å². The van der Waals surface area contributed by atoms with Crippen LogP contribution in [0.25, 0.3) is 0 Å². The molecule has 2 aromatic rings. The van der Waals surface area contributed by atoms with E-state index in [1.807, 2.05) is 31.2 Å². The summed E-state index contributed by atoms with van der Waals surface area (Å²) in [6, 6.07) is 7.99. The van der Waals surface area contributed by atoms with Gasteiger partial charge in [0, 0.05) is 11.1 Å². The van der Waals surface area contributed by atoms with Crippen LogP contribution in [0.1, 0.15) is 31.4 Å². The van der Waals surface area contributed by atoms with Crippen LogP contribution in [0, 0.1) is 0 Å². The number of nitrogens with one attached hydrogen (secondary N) is 2. The van der Waals surface area contributed by atoms with E-state index in [1.54, 1.807) is 0 Å². The van der Waals surface area contributed by atoms with E-state index in [1.165, 1.54) is 35.9 Å². The first-order valence-corrected chi connectivity index (χ1v) is 9.56. The minimum absolute atomic E-state index is 0.0237. The van der Waals surface area contributed by atoms with Crippen molar-refractivity contribution in [1.82, 2.24) is 15.5 Å². The molecule has 3 rings (SSSR count). The molecule has 122 valence electrons. The van der Waals surface area contributed by atoms with Crippen molar-refractivity contribution in [3.8, 4) is 0 Å². The Morgan fingerprint density at radius 2 is 2.13 bits per heavy atom. The Morgan fingerprint density at radius 1 is 1.39 bits per heavy atom. The van der Waals surface area contributed by atoms with Crippen LogP contribution in [-0.2, 0) is 4.79 Å². The number of aromatic nitrogens is 2. The SMILES string of the molecule is CC(NC(=O)CSc1nnc(NC2CC2)s1)c1ccc(Cl)cc1. The number of thioether (sulfide) groups is 1. The molecule has 0 bridgehead atoms. The van der Waals surface area contributed by atoms with Gasteiger partial charge in [-0.25, -0.2) is 0 Å². The maximum absolute atomic E-state index is 12.0. The Hall–Kier alpha value is -1.31. The van der Waals surface area contributed by atoms with E-state index < -0.39 is 0 Å². The fourth-order valence-corrected chi connectivity index (χ4v) is 3.74. The number of carbonyl (C=O) groups excluding carboxylic acids is 1. The number of amides is 1. The third kappa shape index (κ3) is 5.09. The third-order valence-corrected chi connectivity index (χ3v) is 5.63. The van der Waals surface area contributed by atoms with Crippen molar-refractivity contribution in [2.24, 2.45) is 0 Å². The van der Waals surface area contributed by atoms with Crippen LogP contribution in [-0.4, -0.2) is 27.9 Å². The Labute approximate surface area is 148 Å². The summed E-state index contributed by atoms with van der Waals surface area (Å²) in [4.78, 5) is 12.0. The lowest BCUT2D eigenvalue weighted by Gasteiger charge is -2.13. The van der Waals surface area contributed by atoms with Crippen LogP contribution in [0.2, 0.25) is 5.02 Å². The van der Waals surface area contributed by atoms with Gasteiger partial charge in [-0.15, -0.1) is 10.2 Å². The summed E-state index contributed by atoms with van der Waals surface area (Å²) in [5, 5.41) is 16.0. The number of benzene rings is 1. The van der Waals surface area contributed by atoms with Gasteiger partial charge in [-0.2, -0.15) is 0 Å². The monoisotopic (exact) mass is 368 g/mol. The summed E-state index contributed by atoms with van der Waals surface area (Å²) >= 11 is 8.77. The number of halogens is 1. The molecular weight excluding hydrogens is 352 g/mol.